The van der Waals surface area contributed by atoms with Crippen molar-refractivity contribution >= 4 is 29.1 Å². The Kier molecular flexibility index (Phi) is 7.03. The molecule has 0 fully saturated rings. The lowest BCUT2D eigenvalue weighted by molar-refractivity contribution is -0.123. The van der Waals surface area contributed by atoms with E-state index in [2.05, 4.69) is 9.72 Å². The van der Waals surface area contributed by atoms with Crippen molar-refractivity contribution in [1.82, 2.24) is 10.3 Å². The third-order valence-corrected chi connectivity index (χ3v) is 4.90. The summed E-state index contributed by atoms with van der Waals surface area (Å²) in [6.07, 6.45) is 0. The number of thiophene rings is 1. The van der Waals surface area contributed by atoms with Crippen LogP contribution in [-0.4, -0.2) is 36.0 Å². The number of benzene rings is 1. The van der Waals surface area contributed by atoms with E-state index in [0.717, 1.165) is 10.6 Å². The van der Waals surface area contributed by atoms with E-state index in [-0.39, 0.29) is 16.9 Å². The second kappa shape index (κ2) is 9.90. The number of aromatic nitrogens is 1. The van der Waals surface area contributed by atoms with E-state index in [4.69, 9.17) is 4.74 Å². The predicted octanol–water partition coefficient (Wildman–Crippen LogP) is 3.83. The summed E-state index contributed by atoms with van der Waals surface area (Å²) in [6.45, 7) is -2.01. The summed E-state index contributed by atoms with van der Waals surface area (Å²) in [5.41, 5.74) is 1.41. The smallest absolute Gasteiger partial charge is 0.387 e. The van der Waals surface area contributed by atoms with Crippen LogP contribution in [0.15, 0.2) is 53.9 Å². The van der Waals surface area contributed by atoms with Gasteiger partial charge in [-0.05, 0) is 54.8 Å². The van der Waals surface area contributed by atoms with Crippen molar-refractivity contribution in [3.05, 3.63) is 70.7 Å². The summed E-state index contributed by atoms with van der Waals surface area (Å²) in [5.74, 6) is -2.49. The Morgan fingerprint density at radius 1 is 1.10 bits per heavy atom. The number of nitrogens with one attached hydrogen (secondary N) is 1. The largest absolute Gasteiger partial charge is 0.452 e. The first-order valence-electron chi connectivity index (χ1n) is 8.91. The second-order valence-corrected chi connectivity index (χ2v) is 7.11. The molecule has 31 heavy (non-hydrogen) atoms. The first kappa shape index (κ1) is 22.0. The van der Waals surface area contributed by atoms with Crippen LogP contribution in [0.3, 0.4) is 0 Å². The molecule has 0 spiro atoms. The molecule has 1 N–H and O–H groups in total. The zero-order valence-corrected chi connectivity index (χ0v) is 16.9. The maximum Gasteiger partial charge on any atom is 0.387 e. The van der Waals surface area contributed by atoms with Gasteiger partial charge in [0.1, 0.15) is 5.75 Å². The van der Waals surface area contributed by atoms with Gasteiger partial charge >= 0.3 is 12.6 Å². The van der Waals surface area contributed by atoms with Crippen LogP contribution in [0.25, 0.3) is 10.6 Å². The molecule has 2 heterocycles. The number of hydrogen-bond donors (Lipinski definition) is 1. The molecule has 0 bridgehead atoms. The Bertz CT molecular complexity index is 1090. The van der Waals surface area contributed by atoms with E-state index in [1.165, 1.54) is 35.6 Å². The summed E-state index contributed by atoms with van der Waals surface area (Å²) < 4.78 is 33.4. The summed E-state index contributed by atoms with van der Waals surface area (Å²) in [7, 11) is 0. The number of esters is 1. The van der Waals surface area contributed by atoms with E-state index < -0.39 is 31.0 Å². The van der Waals surface area contributed by atoms with E-state index >= 15 is 0 Å². The van der Waals surface area contributed by atoms with Crippen LogP contribution in [0, 0.1) is 6.92 Å². The zero-order valence-electron chi connectivity index (χ0n) is 16.1. The Balaban J connectivity index is 1.53. The molecule has 0 saturated carbocycles. The highest BCUT2D eigenvalue weighted by molar-refractivity contribution is 7.13. The summed E-state index contributed by atoms with van der Waals surface area (Å²) in [5, 5.41) is 3.96. The summed E-state index contributed by atoms with van der Waals surface area (Å²) in [6, 6.07) is 11.8. The number of carbonyl (C=O) groups is 3. The standard InChI is InChI=1S/C21H16F2N2O5S/c1-12-15(8-9-16(24-12)17-3-2-10-31-17)20(28)29-11-18(26)25-19(27)13-4-6-14(7-5-13)30-21(22)23/h2-10,21H,11H2,1H3,(H,25,26,27). The van der Waals surface area contributed by atoms with Crippen LogP contribution in [0.1, 0.15) is 26.4 Å². The average Bonchev–Trinajstić information content (AvgIpc) is 3.27. The summed E-state index contributed by atoms with van der Waals surface area (Å²) >= 11 is 1.52. The highest BCUT2D eigenvalue weighted by Gasteiger charge is 2.17. The molecule has 10 heteroatoms. The van der Waals surface area contributed by atoms with Crippen LogP contribution in [0.4, 0.5) is 8.78 Å². The number of halogens is 2. The number of nitrogens with zero attached hydrogens (tertiary/aromatic N) is 1. The minimum atomic E-state index is -2.98. The Morgan fingerprint density at radius 3 is 2.45 bits per heavy atom. The minimum absolute atomic E-state index is 0.0468. The first-order chi connectivity index (χ1) is 14.8. The van der Waals surface area contributed by atoms with Gasteiger partial charge in [0.2, 0.25) is 0 Å². The third kappa shape index (κ3) is 5.92. The van der Waals surface area contributed by atoms with E-state index in [9.17, 15) is 23.2 Å². The molecule has 0 radical (unpaired) electrons. The molecule has 160 valence electrons. The number of aryl methyl sites for hydroxylation is 1. The van der Waals surface area contributed by atoms with E-state index in [0.29, 0.717) is 5.69 Å². The van der Waals surface area contributed by atoms with Crippen LogP contribution in [0.2, 0.25) is 0 Å². The molecule has 2 amide bonds. The van der Waals surface area contributed by atoms with Crippen LogP contribution >= 0.6 is 11.3 Å². The van der Waals surface area contributed by atoms with Crippen molar-refractivity contribution in [2.24, 2.45) is 0 Å². The second-order valence-electron chi connectivity index (χ2n) is 6.16. The van der Waals surface area contributed by atoms with E-state index in [1.54, 1.807) is 19.1 Å². The van der Waals surface area contributed by atoms with Gasteiger partial charge in [0.05, 0.1) is 21.8 Å². The topological polar surface area (TPSA) is 94.6 Å². The predicted molar refractivity (Wildman–Crippen MR) is 108 cm³/mol. The fourth-order valence-electron chi connectivity index (χ4n) is 2.57. The SMILES string of the molecule is Cc1nc(-c2cccs2)ccc1C(=O)OCC(=O)NC(=O)c1ccc(OC(F)F)cc1. The fourth-order valence-corrected chi connectivity index (χ4v) is 3.27. The van der Waals surface area contributed by atoms with Crippen molar-refractivity contribution in [3.8, 4) is 16.3 Å². The van der Waals surface area contributed by atoms with Crippen molar-refractivity contribution < 1.29 is 32.6 Å². The van der Waals surface area contributed by atoms with Gasteiger partial charge in [-0.25, -0.2) is 4.79 Å². The van der Waals surface area contributed by atoms with Crippen molar-refractivity contribution in [3.63, 3.8) is 0 Å². The molecule has 3 aromatic rings. The molecule has 0 atom stereocenters. The zero-order chi connectivity index (χ0) is 22.4. The van der Waals surface area contributed by atoms with Crippen molar-refractivity contribution in [1.29, 1.82) is 0 Å². The van der Waals surface area contributed by atoms with Crippen molar-refractivity contribution in [2.75, 3.05) is 6.61 Å². The highest BCUT2D eigenvalue weighted by Crippen LogP contribution is 2.24. The molecule has 0 aliphatic rings. The Labute approximate surface area is 179 Å². The molecular weight excluding hydrogens is 430 g/mol. The number of carbonyl (C=O) groups excluding carboxylic acids is 3. The number of pyridine rings is 1. The first-order valence-corrected chi connectivity index (χ1v) is 9.79. The Hall–Kier alpha value is -3.66. The molecule has 0 aliphatic carbocycles. The Morgan fingerprint density at radius 2 is 1.84 bits per heavy atom. The molecule has 3 rings (SSSR count). The molecule has 0 saturated heterocycles. The van der Waals surface area contributed by atoms with Crippen LogP contribution in [-0.2, 0) is 9.53 Å². The monoisotopic (exact) mass is 446 g/mol. The van der Waals surface area contributed by atoms with Crippen LogP contribution < -0.4 is 10.1 Å². The normalized spacial score (nSPS) is 10.6. The van der Waals surface area contributed by atoms with Gasteiger partial charge in [0.15, 0.2) is 6.61 Å². The quantitative estimate of drug-likeness (QED) is 0.555. The third-order valence-electron chi connectivity index (χ3n) is 4.01. The lowest BCUT2D eigenvalue weighted by atomic mass is 10.1. The van der Waals surface area contributed by atoms with Gasteiger partial charge in [-0.15, -0.1) is 11.3 Å². The fraction of sp³-hybridized carbons (Fsp3) is 0.143. The summed E-state index contributed by atoms with van der Waals surface area (Å²) in [4.78, 5) is 41.5. The number of rotatable bonds is 7. The molecule has 1 aromatic carbocycles. The maximum absolute atomic E-state index is 12.2. The number of amides is 2. The molecular formula is C21H16F2N2O5S. The average molecular weight is 446 g/mol. The molecule has 2 aromatic heterocycles. The van der Waals surface area contributed by atoms with Crippen molar-refractivity contribution in [2.45, 2.75) is 13.5 Å². The lowest BCUT2D eigenvalue weighted by Gasteiger charge is -2.09. The molecule has 0 unspecified atom stereocenters. The maximum atomic E-state index is 12.2. The van der Waals surface area contributed by atoms with Gasteiger partial charge in [-0.3, -0.25) is 19.9 Å². The van der Waals surface area contributed by atoms with Gasteiger partial charge in [-0.1, -0.05) is 6.07 Å². The molecule has 0 aliphatic heterocycles. The number of hydrogen-bond acceptors (Lipinski definition) is 7. The number of imide groups is 1. The lowest BCUT2D eigenvalue weighted by Crippen LogP contribution is -2.34. The van der Waals surface area contributed by atoms with Gasteiger partial charge in [-0.2, -0.15) is 8.78 Å². The molecule has 7 nitrogen and oxygen atoms in total. The van der Waals surface area contributed by atoms with Gasteiger partial charge < -0.3 is 9.47 Å². The van der Waals surface area contributed by atoms with Crippen LogP contribution in [0.5, 0.6) is 5.75 Å². The van der Waals surface area contributed by atoms with Gasteiger partial charge in [0, 0.05) is 5.56 Å². The number of alkyl halides is 2. The van der Waals surface area contributed by atoms with E-state index in [1.807, 2.05) is 22.8 Å². The minimum Gasteiger partial charge on any atom is -0.452 e. The van der Waals surface area contributed by atoms with Gasteiger partial charge in [0.25, 0.3) is 11.8 Å². The highest BCUT2D eigenvalue weighted by atomic mass is 32.1. The number of ether oxygens (including phenoxy) is 2.